The molecule has 123 heavy (non-hydrogen) atoms. The number of nitrogens with zero attached hydrogens (tertiary/aromatic N) is 8. The summed E-state index contributed by atoms with van der Waals surface area (Å²) in [5.41, 5.74) is 3.07. The molecule has 14 rings (SSSR count). The average Bonchev–Trinajstić information content (AvgIpc) is 1.76. The Balaban J connectivity index is 0.678. The Morgan fingerprint density at radius 3 is 1.07 bits per heavy atom. The summed E-state index contributed by atoms with van der Waals surface area (Å²) in [5, 5.41) is 5.56. The van der Waals surface area contributed by atoms with Gasteiger partial charge in [-0.3, -0.25) is 29.4 Å². The summed E-state index contributed by atoms with van der Waals surface area (Å²) in [6.07, 6.45) is 1.95. The van der Waals surface area contributed by atoms with Crippen LogP contribution in [0.1, 0.15) is 90.8 Å². The average molecular weight is 1670 g/mol. The van der Waals surface area contributed by atoms with Crippen molar-refractivity contribution in [1.29, 1.82) is 0 Å². The molecule has 636 valence electrons. The molecule has 0 unspecified atom stereocenters. The highest BCUT2D eigenvalue weighted by Gasteiger charge is 2.47. The number of para-hydroxylation sites is 2. The van der Waals surface area contributed by atoms with Crippen molar-refractivity contribution < 1.29 is 95.0 Å². The Bertz CT molecular complexity index is 5050. The summed E-state index contributed by atoms with van der Waals surface area (Å²) in [6.45, 7) is 6.57. The van der Waals surface area contributed by atoms with E-state index in [9.17, 15) is 19.2 Å². The predicted octanol–water partition coefficient (Wildman–Crippen LogP) is 15.5. The lowest BCUT2D eigenvalue weighted by atomic mass is 9.80. The van der Waals surface area contributed by atoms with Crippen LogP contribution in [0.15, 0.2) is 256 Å². The van der Waals surface area contributed by atoms with Gasteiger partial charge in [-0.25, -0.2) is 19.6 Å². The second kappa shape index (κ2) is 41.4. The highest BCUT2D eigenvalue weighted by atomic mass is 16.7. The van der Waals surface area contributed by atoms with E-state index in [1.54, 1.807) is 86.1 Å². The summed E-state index contributed by atoms with van der Waals surface area (Å²) in [4.78, 5) is 82.9. The van der Waals surface area contributed by atoms with Crippen molar-refractivity contribution in [2.24, 2.45) is 0 Å². The summed E-state index contributed by atoms with van der Waals surface area (Å²) >= 11 is 0. The van der Waals surface area contributed by atoms with Crippen molar-refractivity contribution in [3.8, 4) is 46.3 Å². The van der Waals surface area contributed by atoms with Crippen molar-refractivity contribution in [2.45, 2.75) is 93.0 Å². The molecule has 0 bridgehead atoms. The Hall–Kier alpha value is -13.9. The van der Waals surface area contributed by atoms with E-state index < -0.39 is 72.2 Å². The number of carbonyl (C=O) groups is 4. The second-order valence-corrected chi connectivity index (χ2v) is 28.5. The van der Waals surface area contributed by atoms with E-state index in [1.165, 1.54) is 24.8 Å². The first kappa shape index (κ1) is 85.5. The molecule has 8 aromatic carbocycles. The molecule has 2 aliphatic heterocycles. The zero-order valence-corrected chi connectivity index (χ0v) is 68.3. The third kappa shape index (κ3) is 20.7. The minimum absolute atomic E-state index is 0.0732. The first-order valence-corrected chi connectivity index (χ1v) is 40.1. The molecule has 2 N–H and O–H groups in total. The zero-order valence-electron chi connectivity index (χ0n) is 68.3. The van der Waals surface area contributed by atoms with Crippen LogP contribution in [0.2, 0.25) is 0 Å². The molecule has 0 aliphatic carbocycles. The minimum Gasteiger partial charge on any atom is -0.497 e. The molecular weight excluding hydrogens is 1580 g/mol. The fourth-order valence-electron chi connectivity index (χ4n) is 14.7. The standard InChI is InChI=1S/C93H94N10O20/c1-7-50-114-90(106)122-74-54-80(120-76(74)56-118-92(62-26-16-12-17-27-62,64-34-42-68(108-3)43-35-64)65-36-44-69(109-4)45-37-65)102-60-94-82-84(102)98-88(96-78(104)58-116-72-30-20-14-21-31-72)100-86(82)112-52-24-10-9-11-25-53-113-87-83-85(99-89(101-87)97-79(105)59-117-73-32-22-15-23-33-73)103(61-95-83)81-55-75(123-91(107)115-51-8-2)77(121-81)57-119-93(63-28-18-13-19-29-63,66-38-46-70(110-5)47-39-66)67-40-48-71(111-6)49-41-67/h7-8,12-23,26-49,60-61,74-77,80-81H,1-2,9-11,24-25,50-59H2,3-6H3,(H,96,98,100,104)(H,97,99,101,105)/t74-,75-,76+,77+,80+,81+/m0/s1. The van der Waals surface area contributed by atoms with Crippen LogP contribution >= 0.6 is 0 Å². The van der Waals surface area contributed by atoms with Gasteiger partial charge in [0.15, 0.2) is 35.5 Å². The monoisotopic (exact) mass is 1670 g/mol. The van der Waals surface area contributed by atoms with Crippen LogP contribution in [0.3, 0.4) is 0 Å². The van der Waals surface area contributed by atoms with E-state index >= 15 is 0 Å². The van der Waals surface area contributed by atoms with Gasteiger partial charge in [0.2, 0.25) is 23.7 Å². The quantitative estimate of drug-likeness (QED) is 0.0155. The van der Waals surface area contributed by atoms with Gasteiger partial charge in [0.1, 0.15) is 95.8 Å². The highest BCUT2D eigenvalue weighted by Crippen LogP contribution is 2.47. The third-order valence-electron chi connectivity index (χ3n) is 20.7. The van der Waals surface area contributed by atoms with Gasteiger partial charge in [0.05, 0.1) is 67.5 Å². The van der Waals surface area contributed by atoms with Crippen molar-refractivity contribution >= 4 is 58.3 Å². The summed E-state index contributed by atoms with van der Waals surface area (Å²) in [7, 11) is 6.40. The van der Waals surface area contributed by atoms with Crippen LogP contribution < -0.4 is 48.5 Å². The molecule has 0 spiro atoms. The van der Waals surface area contributed by atoms with Crippen molar-refractivity contribution in [2.75, 3.05) is 91.9 Å². The minimum atomic E-state index is -1.27. The second-order valence-electron chi connectivity index (χ2n) is 28.5. The first-order valence-electron chi connectivity index (χ1n) is 40.1. The fourth-order valence-corrected chi connectivity index (χ4v) is 14.7. The Morgan fingerprint density at radius 1 is 0.415 bits per heavy atom. The van der Waals surface area contributed by atoms with Gasteiger partial charge in [0, 0.05) is 12.8 Å². The molecule has 6 heterocycles. The number of amides is 2. The number of aromatic nitrogens is 8. The lowest BCUT2D eigenvalue weighted by molar-refractivity contribution is -0.118. The van der Waals surface area contributed by atoms with Gasteiger partial charge in [0.25, 0.3) is 11.8 Å². The number of hydrogen-bond donors (Lipinski definition) is 2. The SMILES string of the molecule is C=CCOC(=O)O[C@H]1C[C@H](n2cnc3c(OCCCCCCCOc4nc(NC(=O)COc5ccccc5)nc5c4ncn5[C@H]4C[C@H](OC(=O)OCC=C)[C@@H](COC(c5ccccc5)(c5ccc(OC)cc5)c5ccc(OC)cc5)O4)nc(NC(=O)COc4ccccc4)nc32)O[C@@H]1COC(c1ccccc1)(c1ccc(OC)cc1)c1ccc(OC)cc1. The summed E-state index contributed by atoms with van der Waals surface area (Å²) in [5.74, 6) is 2.38. The number of hydrogen-bond acceptors (Lipinski definition) is 26. The summed E-state index contributed by atoms with van der Waals surface area (Å²) in [6, 6.07) is 67.7. The lowest BCUT2D eigenvalue weighted by Crippen LogP contribution is -2.39. The maximum Gasteiger partial charge on any atom is 0.508 e. The molecular formula is C93H94N10O20. The number of ether oxygens (including phenoxy) is 16. The summed E-state index contributed by atoms with van der Waals surface area (Å²) < 4.78 is 102. The van der Waals surface area contributed by atoms with Crippen LogP contribution in [0.5, 0.6) is 46.3 Å². The lowest BCUT2D eigenvalue weighted by Gasteiger charge is -2.37. The van der Waals surface area contributed by atoms with Crippen LogP contribution in [0.4, 0.5) is 21.5 Å². The van der Waals surface area contributed by atoms with Crippen LogP contribution in [0.25, 0.3) is 22.3 Å². The molecule has 12 aromatic rings. The molecule has 6 atom stereocenters. The first-order chi connectivity index (χ1) is 60.3. The van der Waals surface area contributed by atoms with Gasteiger partial charge in [-0.1, -0.05) is 190 Å². The van der Waals surface area contributed by atoms with Crippen molar-refractivity contribution in [3.63, 3.8) is 0 Å². The molecule has 30 nitrogen and oxygen atoms in total. The normalized spacial score (nSPS) is 16.2. The molecule has 0 radical (unpaired) electrons. The highest BCUT2D eigenvalue weighted by molar-refractivity contribution is 5.92. The van der Waals surface area contributed by atoms with Gasteiger partial charge in [-0.2, -0.15) is 19.9 Å². The number of carbonyl (C=O) groups excluding carboxylic acids is 4. The van der Waals surface area contributed by atoms with E-state index in [0.717, 1.165) is 39.8 Å². The van der Waals surface area contributed by atoms with Crippen molar-refractivity contribution in [3.05, 3.63) is 290 Å². The van der Waals surface area contributed by atoms with E-state index in [1.807, 2.05) is 170 Å². The van der Waals surface area contributed by atoms with Gasteiger partial charge >= 0.3 is 12.3 Å². The van der Waals surface area contributed by atoms with E-state index in [4.69, 9.17) is 95.7 Å². The van der Waals surface area contributed by atoms with E-state index in [0.29, 0.717) is 60.2 Å². The Morgan fingerprint density at radius 2 is 0.740 bits per heavy atom. The number of rotatable bonds is 42. The Labute approximate surface area is 709 Å². The third-order valence-corrected chi connectivity index (χ3v) is 20.7. The van der Waals surface area contributed by atoms with E-state index in [-0.39, 0.29) is 112 Å². The van der Waals surface area contributed by atoms with Gasteiger partial charge in [-0.05, 0) is 119 Å². The van der Waals surface area contributed by atoms with Crippen LogP contribution in [-0.2, 0) is 58.7 Å². The molecule has 2 saturated heterocycles. The number of anilines is 2. The molecule has 4 aromatic heterocycles. The number of nitrogens with one attached hydrogen (secondary N) is 2. The molecule has 2 aliphatic rings. The predicted molar refractivity (Wildman–Crippen MR) is 452 cm³/mol. The number of imidazole rings is 2. The van der Waals surface area contributed by atoms with Crippen molar-refractivity contribution in [1.82, 2.24) is 39.0 Å². The molecule has 2 fully saturated rings. The number of methoxy groups -OCH3 is 4. The smallest absolute Gasteiger partial charge is 0.497 e. The molecule has 0 saturated carbocycles. The zero-order chi connectivity index (χ0) is 85.3. The largest absolute Gasteiger partial charge is 0.508 e. The van der Waals surface area contributed by atoms with Crippen LogP contribution in [0, 0.1) is 0 Å². The topological polar surface area (TPSA) is 327 Å². The molecule has 30 heteroatoms. The number of benzene rings is 8. The van der Waals surface area contributed by atoms with E-state index in [2.05, 4.69) is 33.8 Å². The van der Waals surface area contributed by atoms with Gasteiger partial charge in [-0.15, -0.1) is 0 Å². The fraction of sp³-hybridized carbons (Fsp3) is 0.290. The Kier molecular flexibility index (Phi) is 28.7. The maximum atomic E-state index is 13.7. The number of unbranched alkanes of at least 4 members (excludes halogenated alkanes) is 4. The van der Waals surface area contributed by atoms with Gasteiger partial charge < -0.3 is 75.8 Å². The number of fused-ring (bicyclic) bond motifs is 2. The maximum absolute atomic E-state index is 13.7. The molecule has 2 amide bonds. The van der Waals surface area contributed by atoms with Crippen LogP contribution in [-0.4, -0.2) is 169 Å².